The van der Waals surface area contributed by atoms with Gasteiger partial charge in [-0.2, -0.15) is 0 Å². The van der Waals surface area contributed by atoms with E-state index in [1.54, 1.807) is 7.11 Å². The number of rotatable bonds is 4. The van der Waals surface area contributed by atoms with E-state index in [4.69, 9.17) is 14.2 Å². The minimum absolute atomic E-state index is 0.317. The highest BCUT2D eigenvalue weighted by molar-refractivity contribution is 4.83. The fourth-order valence-electron chi connectivity index (χ4n) is 2.41. The number of β-amino-alcohol motifs (C(OH)–C–C–N with tert-alkyl or cyclic N) is 1. The van der Waals surface area contributed by atoms with Crippen LogP contribution in [0.15, 0.2) is 0 Å². The molecule has 94 valence electrons. The third-order valence-electron chi connectivity index (χ3n) is 3.26. The quantitative estimate of drug-likeness (QED) is 0.728. The minimum atomic E-state index is -0.399. The highest BCUT2D eigenvalue weighted by Gasteiger charge is 2.39. The largest absolute Gasteiger partial charge is 0.389 e. The van der Waals surface area contributed by atoms with Crippen LogP contribution in [0.1, 0.15) is 12.8 Å². The van der Waals surface area contributed by atoms with Gasteiger partial charge in [0.05, 0.1) is 25.9 Å². The van der Waals surface area contributed by atoms with Crippen molar-refractivity contribution in [2.45, 2.75) is 24.7 Å². The maximum atomic E-state index is 9.63. The first-order valence-corrected chi connectivity index (χ1v) is 5.91. The summed E-state index contributed by atoms with van der Waals surface area (Å²) in [5.41, 5.74) is 0. The van der Waals surface area contributed by atoms with Gasteiger partial charge in [-0.05, 0) is 0 Å². The molecule has 2 saturated heterocycles. The summed E-state index contributed by atoms with van der Waals surface area (Å²) >= 11 is 0. The third kappa shape index (κ3) is 2.93. The Balaban J connectivity index is 1.72. The molecule has 0 aromatic rings. The zero-order valence-corrected chi connectivity index (χ0v) is 9.85. The molecule has 0 aromatic heterocycles. The van der Waals surface area contributed by atoms with Gasteiger partial charge < -0.3 is 24.2 Å². The van der Waals surface area contributed by atoms with E-state index < -0.39 is 6.10 Å². The van der Waals surface area contributed by atoms with Crippen molar-refractivity contribution in [3.05, 3.63) is 0 Å². The van der Waals surface area contributed by atoms with Crippen molar-refractivity contribution in [1.82, 2.24) is 4.90 Å². The molecule has 2 rings (SSSR count). The van der Waals surface area contributed by atoms with E-state index in [9.17, 15) is 5.11 Å². The monoisotopic (exact) mass is 231 g/mol. The van der Waals surface area contributed by atoms with Gasteiger partial charge in [0.2, 0.25) is 0 Å². The topological polar surface area (TPSA) is 51.2 Å². The molecular formula is C11H21NO4. The molecule has 16 heavy (non-hydrogen) atoms. The Bertz CT molecular complexity index is 208. The molecule has 2 aliphatic rings. The lowest BCUT2D eigenvalue weighted by molar-refractivity contribution is -0.186. The standard InChI is InChI=1S/C11H21NO4/c1-14-9-10(13)8-12-4-2-11(3-5-12)15-6-7-16-11/h10,13H,2-9H2,1H3. The van der Waals surface area contributed by atoms with Gasteiger partial charge in [-0.15, -0.1) is 0 Å². The summed E-state index contributed by atoms with van der Waals surface area (Å²) in [6, 6.07) is 0. The lowest BCUT2D eigenvalue weighted by Crippen LogP contribution is -2.47. The maximum Gasteiger partial charge on any atom is 0.170 e. The van der Waals surface area contributed by atoms with Crippen LogP contribution in [0.4, 0.5) is 0 Å². The molecule has 1 spiro atoms. The van der Waals surface area contributed by atoms with E-state index in [1.807, 2.05) is 0 Å². The summed E-state index contributed by atoms with van der Waals surface area (Å²) in [5.74, 6) is -0.317. The molecule has 0 aliphatic carbocycles. The van der Waals surface area contributed by atoms with Crippen LogP contribution in [0.25, 0.3) is 0 Å². The lowest BCUT2D eigenvalue weighted by Gasteiger charge is -2.38. The highest BCUT2D eigenvalue weighted by atomic mass is 16.7. The van der Waals surface area contributed by atoms with Gasteiger partial charge in [-0.3, -0.25) is 0 Å². The molecule has 0 bridgehead atoms. The molecule has 5 heteroatoms. The Morgan fingerprint density at radius 3 is 2.50 bits per heavy atom. The molecular weight excluding hydrogens is 210 g/mol. The van der Waals surface area contributed by atoms with E-state index in [0.717, 1.165) is 25.9 Å². The van der Waals surface area contributed by atoms with Crippen molar-refractivity contribution >= 4 is 0 Å². The molecule has 2 aliphatic heterocycles. The summed E-state index contributed by atoms with van der Waals surface area (Å²) in [6.45, 7) is 4.33. The molecule has 5 nitrogen and oxygen atoms in total. The Morgan fingerprint density at radius 1 is 1.31 bits per heavy atom. The number of likely N-dealkylation sites (tertiary alicyclic amines) is 1. The number of methoxy groups -OCH3 is 1. The maximum absolute atomic E-state index is 9.63. The second-order valence-corrected chi connectivity index (χ2v) is 4.52. The zero-order chi connectivity index (χ0) is 11.4. The Hall–Kier alpha value is -0.200. The average molecular weight is 231 g/mol. The van der Waals surface area contributed by atoms with Gasteiger partial charge in [0.1, 0.15) is 0 Å². The van der Waals surface area contributed by atoms with Crippen LogP contribution < -0.4 is 0 Å². The van der Waals surface area contributed by atoms with Gasteiger partial charge in [-0.1, -0.05) is 0 Å². The Labute approximate surface area is 96.3 Å². The summed E-state index contributed by atoms with van der Waals surface area (Å²) in [4.78, 5) is 2.24. The van der Waals surface area contributed by atoms with Gasteiger partial charge in [0.25, 0.3) is 0 Å². The Morgan fingerprint density at radius 2 is 1.94 bits per heavy atom. The first-order valence-electron chi connectivity index (χ1n) is 5.91. The van der Waals surface area contributed by atoms with Crippen LogP contribution >= 0.6 is 0 Å². The van der Waals surface area contributed by atoms with Crippen molar-refractivity contribution < 1.29 is 19.3 Å². The highest BCUT2D eigenvalue weighted by Crippen LogP contribution is 2.31. The van der Waals surface area contributed by atoms with Gasteiger partial charge >= 0.3 is 0 Å². The van der Waals surface area contributed by atoms with Gasteiger partial charge in [-0.25, -0.2) is 0 Å². The normalized spacial score (nSPS) is 27.4. The fraction of sp³-hybridized carbons (Fsp3) is 1.00. The van der Waals surface area contributed by atoms with E-state index in [2.05, 4.69) is 4.90 Å². The smallest absolute Gasteiger partial charge is 0.170 e. The summed E-state index contributed by atoms with van der Waals surface area (Å²) < 4.78 is 16.2. The van der Waals surface area contributed by atoms with E-state index in [1.165, 1.54) is 0 Å². The summed E-state index contributed by atoms with van der Waals surface area (Å²) in [6.07, 6.45) is 1.39. The first kappa shape index (κ1) is 12.3. The van der Waals surface area contributed by atoms with Gasteiger partial charge in [0, 0.05) is 39.6 Å². The van der Waals surface area contributed by atoms with Crippen LogP contribution in [-0.4, -0.2) is 68.5 Å². The number of hydrogen-bond donors (Lipinski definition) is 1. The second-order valence-electron chi connectivity index (χ2n) is 4.52. The molecule has 0 saturated carbocycles. The van der Waals surface area contributed by atoms with Crippen molar-refractivity contribution in [3.63, 3.8) is 0 Å². The summed E-state index contributed by atoms with van der Waals surface area (Å²) in [5, 5.41) is 9.63. The SMILES string of the molecule is COCC(O)CN1CCC2(CC1)OCCO2. The van der Waals surface area contributed by atoms with Crippen molar-refractivity contribution in [3.8, 4) is 0 Å². The molecule has 1 unspecified atom stereocenters. The van der Waals surface area contributed by atoms with Crippen LogP contribution in [0.2, 0.25) is 0 Å². The zero-order valence-electron chi connectivity index (χ0n) is 9.85. The number of ether oxygens (including phenoxy) is 3. The van der Waals surface area contributed by atoms with Crippen molar-refractivity contribution in [2.24, 2.45) is 0 Å². The molecule has 1 atom stereocenters. The molecule has 2 heterocycles. The predicted molar refractivity (Wildman–Crippen MR) is 58.2 cm³/mol. The first-order chi connectivity index (χ1) is 7.74. The number of aliphatic hydroxyl groups excluding tert-OH is 1. The fourth-order valence-corrected chi connectivity index (χ4v) is 2.41. The van der Waals surface area contributed by atoms with Crippen molar-refractivity contribution in [1.29, 1.82) is 0 Å². The minimum Gasteiger partial charge on any atom is -0.389 e. The van der Waals surface area contributed by atoms with Crippen molar-refractivity contribution in [2.75, 3.05) is 46.6 Å². The average Bonchev–Trinajstić information content (AvgIpc) is 2.71. The summed E-state index contributed by atoms with van der Waals surface area (Å²) in [7, 11) is 1.61. The number of nitrogens with zero attached hydrogens (tertiary/aromatic N) is 1. The Kier molecular flexibility index (Phi) is 4.16. The van der Waals surface area contributed by atoms with Gasteiger partial charge in [0.15, 0.2) is 5.79 Å². The van der Waals surface area contributed by atoms with E-state index >= 15 is 0 Å². The van der Waals surface area contributed by atoms with Crippen LogP contribution in [-0.2, 0) is 14.2 Å². The molecule has 0 aromatic carbocycles. The molecule has 0 amide bonds. The lowest BCUT2D eigenvalue weighted by atomic mass is 10.0. The molecule has 2 fully saturated rings. The molecule has 0 radical (unpaired) electrons. The van der Waals surface area contributed by atoms with E-state index in [0.29, 0.717) is 26.4 Å². The third-order valence-corrected chi connectivity index (χ3v) is 3.26. The van der Waals surface area contributed by atoms with Crippen LogP contribution in [0.3, 0.4) is 0 Å². The molecule has 1 N–H and O–H groups in total. The number of hydrogen-bond acceptors (Lipinski definition) is 5. The predicted octanol–water partition coefficient (Wildman–Crippen LogP) is -0.167. The van der Waals surface area contributed by atoms with E-state index in [-0.39, 0.29) is 5.79 Å². The second kappa shape index (κ2) is 5.42. The van der Waals surface area contributed by atoms with Crippen LogP contribution in [0, 0.1) is 0 Å². The van der Waals surface area contributed by atoms with Crippen LogP contribution in [0.5, 0.6) is 0 Å². The number of piperidine rings is 1. The number of aliphatic hydroxyl groups is 1.